The van der Waals surface area contributed by atoms with E-state index in [1.54, 1.807) is 23.8 Å². The van der Waals surface area contributed by atoms with Crippen LogP contribution >= 0.6 is 0 Å². The first-order chi connectivity index (χ1) is 7.56. The summed E-state index contributed by atoms with van der Waals surface area (Å²) in [6.45, 7) is 4.03. The minimum absolute atomic E-state index is 0.0311. The van der Waals surface area contributed by atoms with Crippen LogP contribution in [0.15, 0.2) is 0 Å². The van der Waals surface area contributed by atoms with Crippen LogP contribution in [0.5, 0.6) is 0 Å². The molecule has 0 bridgehead atoms. The molecule has 6 nitrogen and oxygen atoms in total. The van der Waals surface area contributed by atoms with Crippen LogP contribution in [0.3, 0.4) is 0 Å². The minimum Gasteiger partial charge on any atom is -0.480 e. The molecule has 6 heteroatoms. The zero-order valence-corrected chi connectivity index (χ0v) is 9.68. The zero-order chi connectivity index (χ0) is 12.1. The number of amides is 1. The maximum Gasteiger partial charge on any atom is 0.320 e. The Morgan fingerprint density at radius 3 is 2.75 bits per heavy atom. The maximum absolute atomic E-state index is 11.7. The predicted octanol–water partition coefficient (Wildman–Crippen LogP) is -0.750. The summed E-state index contributed by atoms with van der Waals surface area (Å²) in [7, 11) is 1.59. The Morgan fingerprint density at radius 2 is 2.25 bits per heavy atom. The van der Waals surface area contributed by atoms with Gasteiger partial charge < -0.3 is 14.7 Å². The van der Waals surface area contributed by atoms with Crippen molar-refractivity contribution in [3.8, 4) is 0 Å². The van der Waals surface area contributed by atoms with Gasteiger partial charge in [-0.05, 0) is 6.92 Å². The highest BCUT2D eigenvalue weighted by Gasteiger charge is 2.29. The molecule has 0 aromatic rings. The van der Waals surface area contributed by atoms with Crippen LogP contribution in [-0.2, 0) is 14.3 Å². The molecule has 1 saturated heterocycles. The van der Waals surface area contributed by atoms with Crippen molar-refractivity contribution >= 4 is 11.9 Å². The Bertz CT molecular complexity index is 270. The normalized spacial score (nSPS) is 19.9. The number of methoxy groups -OCH3 is 1. The van der Waals surface area contributed by atoms with Gasteiger partial charge in [0.25, 0.3) is 0 Å². The molecular formula is C10H18N2O4. The SMILES string of the molecule is COCCN1CCN(C(C)C(=O)O)CC1=O. The van der Waals surface area contributed by atoms with Crippen LogP contribution in [-0.4, -0.2) is 72.7 Å². The molecule has 0 spiro atoms. The second-order valence-corrected chi connectivity index (χ2v) is 3.86. The molecule has 1 aliphatic heterocycles. The maximum atomic E-state index is 11.7. The lowest BCUT2D eigenvalue weighted by molar-refractivity contribution is -0.147. The zero-order valence-electron chi connectivity index (χ0n) is 9.68. The van der Waals surface area contributed by atoms with E-state index in [-0.39, 0.29) is 12.5 Å². The molecule has 0 saturated carbocycles. The molecule has 1 N–H and O–H groups in total. The summed E-state index contributed by atoms with van der Waals surface area (Å²) in [6.07, 6.45) is 0. The van der Waals surface area contributed by atoms with Gasteiger partial charge in [0.2, 0.25) is 5.91 Å². The van der Waals surface area contributed by atoms with Crippen molar-refractivity contribution in [3.05, 3.63) is 0 Å². The van der Waals surface area contributed by atoms with E-state index in [2.05, 4.69) is 0 Å². The lowest BCUT2D eigenvalue weighted by Gasteiger charge is -2.35. The molecule has 1 heterocycles. The molecule has 16 heavy (non-hydrogen) atoms. The second-order valence-electron chi connectivity index (χ2n) is 3.86. The molecule has 0 aromatic carbocycles. The van der Waals surface area contributed by atoms with Gasteiger partial charge >= 0.3 is 5.97 Å². The Morgan fingerprint density at radius 1 is 1.56 bits per heavy atom. The predicted molar refractivity (Wildman–Crippen MR) is 57.1 cm³/mol. The number of hydrogen-bond donors (Lipinski definition) is 1. The van der Waals surface area contributed by atoms with Crippen molar-refractivity contribution in [1.29, 1.82) is 0 Å². The molecule has 1 amide bonds. The number of nitrogens with zero attached hydrogens (tertiary/aromatic N) is 2. The van der Waals surface area contributed by atoms with Crippen LogP contribution in [0.1, 0.15) is 6.92 Å². The van der Waals surface area contributed by atoms with Crippen molar-refractivity contribution < 1.29 is 19.4 Å². The number of carboxylic acids is 1. The van der Waals surface area contributed by atoms with E-state index in [0.29, 0.717) is 26.2 Å². The number of carbonyl (C=O) groups excluding carboxylic acids is 1. The van der Waals surface area contributed by atoms with E-state index in [1.165, 1.54) is 0 Å². The first-order valence-corrected chi connectivity index (χ1v) is 5.30. The van der Waals surface area contributed by atoms with Gasteiger partial charge in [0, 0.05) is 26.7 Å². The fraction of sp³-hybridized carbons (Fsp3) is 0.800. The number of aliphatic carboxylic acids is 1. The molecule has 1 rings (SSSR count). The highest BCUT2D eigenvalue weighted by molar-refractivity contribution is 5.80. The molecule has 0 aliphatic carbocycles. The third-order valence-corrected chi connectivity index (χ3v) is 2.82. The summed E-state index contributed by atoms with van der Waals surface area (Å²) in [5.74, 6) is -0.922. The summed E-state index contributed by atoms with van der Waals surface area (Å²) < 4.78 is 4.90. The van der Waals surface area contributed by atoms with Gasteiger partial charge in [-0.3, -0.25) is 14.5 Å². The molecular weight excluding hydrogens is 212 g/mol. The van der Waals surface area contributed by atoms with Crippen LogP contribution in [0.2, 0.25) is 0 Å². The lowest BCUT2D eigenvalue weighted by Crippen LogP contribution is -2.55. The largest absolute Gasteiger partial charge is 0.480 e. The average molecular weight is 230 g/mol. The number of carbonyl (C=O) groups is 2. The fourth-order valence-corrected chi connectivity index (χ4v) is 1.65. The smallest absolute Gasteiger partial charge is 0.320 e. The Balaban J connectivity index is 2.45. The molecule has 1 fully saturated rings. The third kappa shape index (κ3) is 3.18. The van der Waals surface area contributed by atoms with Crippen molar-refractivity contribution in [2.45, 2.75) is 13.0 Å². The first-order valence-electron chi connectivity index (χ1n) is 5.30. The summed E-state index contributed by atoms with van der Waals surface area (Å²) in [5, 5.41) is 8.84. The van der Waals surface area contributed by atoms with Crippen LogP contribution in [0.25, 0.3) is 0 Å². The standard InChI is InChI=1S/C10H18N2O4/c1-8(10(14)15)12-4-3-11(5-6-16-2)9(13)7-12/h8H,3-7H2,1-2H3,(H,14,15). The van der Waals surface area contributed by atoms with Gasteiger partial charge in [0.15, 0.2) is 0 Å². The number of ether oxygens (including phenoxy) is 1. The molecule has 1 unspecified atom stereocenters. The van der Waals surface area contributed by atoms with E-state index in [1.807, 2.05) is 0 Å². The lowest BCUT2D eigenvalue weighted by atomic mass is 10.2. The monoisotopic (exact) mass is 230 g/mol. The Kier molecular flexibility index (Phi) is 4.70. The Hall–Kier alpha value is -1.14. The van der Waals surface area contributed by atoms with Gasteiger partial charge in [-0.2, -0.15) is 0 Å². The molecule has 0 radical (unpaired) electrons. The van der Waals surface area contributed by atoms with E-state index in [9.17, 15) is 9.59 Å². The number of piperazine rings is 1. The van der Waals surface area contributed by atoms with Gasteiger partial charge in [0.05, 0.1) is 13.2 Å². The summed E-state index contributed by atoms with van der Waals surface area (Å²) in [4.78, 5) is 25.8. The van der Waals surface area contributed by atoms with Crippen LogP contribution in [0, 0.1) is 0 Å². The van der Waals surface area contributed by atoms with Gasteiger partial charge in [-0.15, -0.1) is 0 Å². The number of carboxylic acid groups (broad SMARTS) is 1. The van der Waals surface area contributed by atoms with E-state index in [0.717, 1.165) is 0 Å². The number of rotatable bonds is 5. The van der Waals surface area contributed by atoms with Crippen LogP contribution in [0.4, 0.5) is 0 Å². The van der Waals surface area contributed by atoms with Gasteiger partial charge in [-0.25, -0.2) is 0 Å². The number of hydrogen-bond acceptors (Lipinski definition) is 4. The van der Waals surface area contributed by atoms with Crippen LogP contribution < -0.4 is 0 Å². The highest BCUT2D eigenvalue weighted by Crippen LogP contribution is 2.07. The molecule has 92 valence electrons. The first kappa shape index (κ1) is 12.9. The van der Waals surface area contributed by atoms with E-state index >= 15 is 0 Å². The second kappa shape index (κ2) is 5.81. The third-order valence-electron chi connectivity index (χ3n) is 2.82. The molecule has 1 aliphatic rings. The average Bonchev–Trinajstić information content (AvgIpc) is 2.26. The van der Waals surface area contributed by atoms with E-state index in [4.69, 9.17) is 9.84 Å². The quantitative estimate of drug-likeness (QED) is 0.673. The summed E-state index contributed by atoms with van der Waals surface area (Å²) in [5.41, 5.74) is 0. The Labute approximate surface area is 94.8 Å². The van der Waals surface area contributed by atoms with Crippen molar-refractivity contribution in [1.82, 2.24) is 9.80 Å². The van der Waals surface area contributed by atoms with Crippen molar-refractivity contribution in [3.63, 3.8) is 0 Å². The molecule has 0 aromatic heterocycles. The van der Waals surface area contributed by atoms with Crippen molar-refractivity contribution in [2.24, 2.45) is 0 Å². The van der Waals surface area contributed by atoms with Gasteiger partial charge in [-0.1, -0.05) is 0 Å². The minimum atomic E-state index is -0.891. The summed E-state index contributed by atoms with van der Waals surface area (Å²) in [6, 6.07) is -0.603. The highest BCUT2D eigenvalue weighted by atomic mass is 16.5. The molecule has 1 atom stereocenters. The topological polar surface area (TPSA) is 70.1 Å². The van der Waals surface area contributed by atoms with Gasteiger partial charge in [0.1, 0.15) is 6.04 Å². The van der Waals surface area contributed by atoms with E-state index < -0.39 is 12.0 Å². The fourth-order valence-electron chi connectivity index (χ4n) is 1.65. The summed E-state index contributed by atoms with van der Waals surface area (Å²) >= 11 is 0. The van der Waals surface area contributed by atoms with Crippen molar-refractivity contribution in [2.75, 3.05) is 39.9 Å².